The predicted molar refractivity (Wildman–Crippen MR) is 151 cm³/mol. The van der Waals surface area contributed by atoms with Gasteiger partial charge in [-0.1, -0.05) is 89.9 Å². The lowest BCUT2D eigenvalue weighted by Crippen LogP contribution is -2.30. The Bertz CT molecular complexity index is 1550. The summed E-state index contributed by atoms with van der Waals surface area (Å²) in [6.07, 6.45) is 0. The summed E-state index contributed by atoms with van der Waals surface area (Å²) in [5.41, 5.74) is 3.71. The average Bonchev–Trinajstić information content (AvgIpc) is 3.24. The van der Waals surface area contributed by atoms with Crippen molar-refractivity contribution in [2.24, 2.45) is 0 Å². The van der Waals surface area contributed by atoms with Crippen LogP contribution in [0.25, 0.3) is 5.69 Å². The summed E-state index contributed by atoms with van der Waals surface area (Å²) in [5.74, 6) is 0.991. The van der Waals surface area contributed by atoms with Crippen molar-refractivity contribution in [2.75, 3.05) is 0 Å². The van der Waals surface area contributed by atoms with Gasteiger partial charge in [-0.15, -0.1) is 0 Å². The molecular formula is C31H25Cl2N3O2. The Morgan fingerprint density at radius 2 is 1.53 bits per heavy atom. The van der Waals surface area contributed by atoms with Crippen LogP contribution in [0.4, 0.5) is 0 Å². The number of carbonyl (C=O) groups is 1. The number of ether oxygens (including phenoxy) is 1. The molecule has 0 N–H and O–H groups in total. The van der Waals surface area contributed by atoms with Crippen molar-refractivity contribution in [3.05, 3.63) is 142 Å². The number of amides is 1. The molecule has 0 fully saturated rings. The third-order valence-corrected chi connectivity index (χ3v) is 6.67. The van der Waals surface area contributed by atoms with E-state index < -0.39 is 0 Å². The lowest BCUT2D eigenvalue weighted by molar-refractivity contribution is 0.0729. The summed E-state index contributed by atoms with van der Waals surface area (Å²) in [6, 6.07) is 33.9. The van der Waals surface area contributed by atoms with Crippen LogP contribution in [0, 0.1) is 6.92 Å². The van der Waals surface area contributed by atoms with E-state index in [1.54, 1.807) is 21.7 Å². The van der Waals surface area contributed by atoms with E-state index in [1.807, 2.05) is 104 Å². The summed E-state index contributed by atoms with van der Waals surface area (Å²) >= 11 is 12.7. The molecule has 0 saturated carbocycles. The second-order valence-electron chi connectivity index (χ2n) is 8.80. The fraction of sp³-hybridized carbons (Fsp3) is 0.0968. The Morgan fingerprint density at radius 3 is 2.24 bits per heavy atom. The predicted octanol–water partition coefficient (Wildman–Crippen LogP) is 8.12. The van der Waals surface area contributed by atoms with Crippen LogP contribution >= 0.6 is 23.2 Å². The molecule has 0 atom stereocenters. The van der Waals surface area contributed by atoms with Gasteiger partial charge in [0.25, 0.3) is 5.91 Å². The Balaban J connectivity index is 1.60. The highest BCUT2D eigenvalue weighted by Crippen LogP contribution is 2.33. The molecule has 38 heavy (non-hydrogen) atoms. The molecule has 0 bridgehead atoms. The molecule has 0 aliphatic heterocycles. The third kappa shape index (κ3) is 5.75. The molecule has 0 spiro atoms. The molecule has 4 aromatic carbocycles. The first-order chi connectivity index (χ1) is 18.5. The van der Waals surface area contributed by atoms with Gasteiger partial charge in [-0.2, -0.15) is 5.10 Å². The zero-order valence-corrected chi connectivity index (χ0v) is 22.2. The molecule has 1 amide bonds. The van der Waals surface area contributed by atoms with Crippen LogP contribution in [0.15, 0.2) is 109 Å². The van der Waals surface area contributed by atoms with E-state index in [0.717, 1.165) is 22.5 Å². The normalized spacial score (nSPS) is 10.8. The molecule has 0 unspecified atom stereocenters. The van der Waals surface area contributed by atoms with E-state index in [-0.39, 0.29) is 12.5 Å². The molecule has 190 valence electrons. The minimum atomic E-state index is -0.181. The van der Waals surface area contributed by atoms with Gasteiger partial charge in [-0.05, 0) is 55.0 Å². The number of nitrogens with zero attached hydrogens (tertiary/aromatic N) is 3. The van der Waals surface area contributed by atoms with Crippen LogP contribution in [-0.2, 0) is 13.1 Å². The van der Waals surface area contributed by atoms with Crippen molar-refractivity contribution in [3.8, 4) is 17.3 Å². The van der Waals surface area contributed by atoms with Crippen LogP contribution in [0.1, 0.15) is 27.2 Å². The van der Waals surface area contributed by atoms with Gasteiger partial charge in [0.2, 0.25) is 5.88 Å². The fourth-order valence-electron chi connectivity index (χ4n) is 4.21. The maximum absolute atomic E-state index is 13.8. The van der Waals surface area contributed by atoms with Gasteiger partial charge in [-0.3, -0.25) is 4.79 Å². The van der Waals surface area contributed by atoms with E-state index >= 15 is 0 Å². The number of aryl methyl sites for hydroxylation is 1. The van der Waals surface area contributed by atoms with Gasteiger partial charge in [0.1, 0.15) is 5.75 Å². The Labute approximate surface area is 231 Å². The lowest BCUT2D eigenvalue weighted by atomic mass is 10.1. The zero-order valence-electron chi connectivity index (χ0n) is 20.7. The first-order valence-corrected chi connectivity index (χ1v) is 12.9. The van der Waals surface area contributed by atoms with E-state index in [0.29, 0.717) is 33.8 Å². The number of hydrogen-bond acceptors (Lipinski definition) is 3. The van der Waals surface area contributed by atoms with Crippen LogP contribution in [-0.4, -0.2) is 20.6 Å². The first kappa shape index (κ1) is 25.6. The molecule has 0 aliphatic rings. The lowest BCUT2D eigenvalue weighted by Gasteiger charge is -2.24. The highest BCUT2D eigenvalue weighted by Gasteiger charge is 2.25. The quantitative estimate of drug-likeness (QED) is 0.199. The SMILES string of the molecule is Cc1nn(-c2cccc(Cl)c2)c(Oc2ccccc2)c1CN(Cc1ccccc1)C(=O)c1ccccc1Cl. The van der Waals surface area contributed by atoms with Crippen molar-refractivity contribution in [1.29, 1.82) is 0 Å². The minimum absolute atomic E-state index is 0.181. The van der Waals surface area contributed by atoms with Gasteiger partial charge in [0.05, 0.1) is 34.1 Å². The summed E-state index contributed by atoms with van der Waals surface area (Å²) < 4.78 is 8.14. The summed E-state index contributed by atoms with van der Waals surface area (Å²) in [4.78, 5) is 15.6. The largest absolute Gasteiger partial charge is 0.439 e. The van der Waals surface area contributed by atoms with Gasteiger partial charge < -0.3 is 9.64 Å². The Kier molecular flexibility index (Phi) is 7.78. The number of rotatable bonds is 8. The van der Waals surface area contributed by atoms with Crippen LogP contribution < -0.4 is 4.74 Å². The maximum atomic E-state index is 13.8. The Hall–Kier alpha value is -4.06. The number of aromatic nitrogens is 2. The maximum Gasteiger partial charge on any atom is 0.255 e. The highest BCUT2D eigenvalue weighted by atomic mass is 35.5. The standard InChI is InChI=1S/C31H25Cl2N3O2/c1-22-28(21-35(20-23-11-4-2-5-12-23)30(37)27-17-8-9-18-29(27)33)31(38-26-15-6-3-7-16-26)36(34-22)25-14-10-13-24(32)19-25/h2-19H,20-21H2,1H3. The first-order valence-electron chi connectivity index (χ1n) is 12.1. The van der Waals surface area contributed by atoms with Crippen LogP contribution in [0.5, 0.6) is 11.6 Å². The topological polar surface area (TPSA) is 47.4 Å². The summed E-state index contributed by atoms with van der Waals surface area (Å²) in [7, 11) is 0. The van der Waals surface area contributed by atoms with Gasteiger partial charge in [-0.25, -0.2) is 4.68 Å². The van der Waals surface area contributed by atoms with Crippen molar-refractivity contribution < 1.29 is 9.53 Å². The number of halogens is 2. The Morgan fingerprint density at radius 1 is 0.842 bits per heavy atom. The molecule has 0 aliphatic carbocycles. The summed E-state index contributed by atoms with van der Waals surface area (Å²) in [6.45, 7) is 2.56. The highest BCUT2D eigenvalue weighted by molar-refractivity contribution is 6.33. The molecule has 5 rings (SSSR count). The van der Waals surface area contributed by atoms with Crippen LogP contribution in [0.2, 0.25) is 10.0 Å². The molecule has 5 nitrogen and oxygen atoms in total. The number of hydrogen-bond donors (Lipinski definition) is 0. The number of para-hydroxylation sites is 1. The van der Waals surface area contributed by atoms with Gasteiger partial charge in [0.15, 0.2) is 0 Å². The molecule has 7 heteroatoms. The zero-order chi connectivity index (χ0) is 26.5. The number of carbonyl (C=O) groups excluding carboxylic acids is 1. The molecule has 0 saturated heterocycles. The second kappa shape index (κ2) is 11.5. The van der Waals surface area contributed by atoms with E-state index in [9.17, 15) is 4.79 Å². The summed E-state index contributed by atoms with van der Waals surface area (Å²) in [5, 5.41) is 5.79. The third-order valence-electron chi connectivity index (χ3n) is 6.10. The molecule has 1 heterocycles. The fourth-order valence-corrected chi connectivity index (χ4v) is 4.61. The van der Waals surface area contributed by atoms with E-state index in [1.165, 1.54) is 0 Å². The van der Waals surface area contributed by atoms with Crippen molar-refractivity contribution in [3.63, 3.8) is 0 Å². The second-order valence-corrected chi connectivity index (χ2v) is 9.65. The monoisotopic (exact) mass is 541 g/mol. The van der Waals surface area contributed by atoms with E-state index in [4.69, 9.17) is 33.0 Å². The average molecular weight is 542 g/mol. The molecule has 0 radical (unpaired) electrons. The van der Waals surface area contributed by atoms with E-state index in [2.05, 4.69) is 0 Å². The van der Waals surface area contributed by atoms with Gasteiger partial charge in [0, 0.05) is 11.6 Å². The smallest absolute Gasteiger partial charge is 0.255 e. The van der Waals surface area contributed by atoms with Crippen molar-refractivity contribution in [1.82, 2.24) is 14.7 Å². The minimum Gasteiger partial charge on any atom is -0.439 e. The van der Waals surface area contributed by atoms with Crippen molar-refractivity contribution in [2.45, 2.75) is 20.0 Å². The molecule has 5 aromatic rings. The molecule has 1 aromatic heterocycles. The number of benzene rings is 4. The van der Waals surface area contributed by atoms with Crippen molar-refractivity contribution >= 4 is 29.1 Å². The molecular weight excluding hydrogens is 517 g/mol. The van der Waals surface area contributed by atoms with Crippen LogP contribution in [0.3, 0.4) is 0 Å². The van der Waals surface area contributed by atoms with Gasteiger partial charge >= 0.3 is 0 Å².